The second kappa shape index (κ2) is 16.6. The lowest BCUT2D eigenvalue weighted by Crippen LogP contribution is -2.39. The minimum atomic E-state index is 0.784. The summed E-state index contributed by atoms with van der Waals surface area (Å²) in [4.78, 5) is 16.6. The van der Waals surface area contributed by atoms with Crippen molar-refractivity contribution in [3.8, 4) is 0 Å². The highest BCUT2D eigenvalue weighted by Crippen LogP contribution is 2.28. The van der Waals surface area contributed by atoms with Crippen molar-refractivity contribution >= 4 is 11.5 Å². The normalized spacial score (nSPS) is 21.4. The molecule has 0 radical (unpaired) electrons. The number of piperidine rings is 1. The lowest BCUT2D eigenvalue weighted by Gasteiger charge is -2.38. The van der Waals surface area contributed by atoms with Crippen LogP contribution in [-0.4, -0.2) is 66.0 Å². The summed E-state index contributed by atoms with van der Waals surface area (Å²) in [5.41, 5.74) is 7.56. The third-order valence-electron chi connectivity index (χ3n) is 9.13. The summed E-state index contributed by atoms with van der Waals surface area (Å²) in [5, 5.41) is 0. The van der Waals surface area contributed by atoms with E-state index in [-0.39, 0.29) is 0 Å². The van der Waals surface area contributed by atoms with Gasteiger partial charge in [0.25, 0.3) is 0 Å². The van der Waals surface area contributed by atoms with Crippen molar-refractivity contribution in [1.29, 1.82) is 0 Å². The maximum Gasteiger partial charge on any atom is 0.137 e. The van der Waals surface area contributed by atoms with Gasteiger partial charge in [-0.25, -0.2) is 4.99 Å². The molecule has 5 nitrogen and oxygen atoms in total. The topological polar surface area (TPSA) is 34.4 Å². The van der Waals surface area contributed by atoms with Gasteiger partial charge in [0, 0.05) is 38.6 Å². The van der Waals surface area contributed by atoms with Gasteiger partial charge < -0.3 is 14.7 Å². The van der Waals surface area contributed by atoms with Crippen LogP contribution in [0.5, 0.6) is 0 Å². The van der Waals surface area contributed by atoms with Gasteiger partial charge in [0.2, 0.25) is 0 Å². The Morgan fingerprint density at radius 1 is 1.10 bits per heavy atom. The van der Waals surface area contributed by atoms with E-state index < -0.39 is 0 Å². The fourth-order valence-corrected chi connectivity index (χ4v) is 5.68. The highest BCUT2D eigenvalue weighted by Gasteiger charge is 2.26. The summed E-state index contributed by atoms with van der Waals surface area (Å²) < 4.78 is 0. The molecule has 0 bridgehead atoms. The molecule has 0 aromatic heterocycles. The van der Waals surface area contributed by atoms with Gasteiger partial charge in [-0.1, -0.05) is 57.6 Å². The molecule has 230 valence electrons. The van der Waals surface area contributed by atoms with Crippen LogP contribution in [0.4, 0.5) is 0 Å². The van der Waals surface area contributed by atoms with Gasteiger partial charge in [-0.2, -0.15) is 0 Å². The summed E-state index contributed by atoms with van der Waals surface area (Å²) in [6.07, 6.45) is 22.0. The molecule has 5 heteroatoms. The highest BCUT2D eigenvalue weighted by molar-refractivity contribution is 6.12. The average molecular weight is 572 g/mol. The summed E-state index contributed by atoms with van der Waals surface area (Å²) in [6.45, 7) is 27.5. The van der Waals surface area contributed by atoms with Gasteiger partial charge in [-0.15, -0.1) is 0 Å². The second-order valence-electron chi connectivity index (χ2n) is 12.4. The quantitative estimate of drug-likeness (QED) is 0.149. The summed E-state index contributed by atoms with van der Waals surface area (Å²) in [7, 11) is 1.80. The van der Waals surface area contributed by atoms with E-state index in [4.69, 9.17) is 4.99 Å². The fraction of sp³-hybridized carbons (Fsp3) is 0.568. The minimum Gasteiger partial charge on any atom is -0.370 e. The molecule has 4 rings (SSSR count). The zero-order valence-corrected chi connectivity index (χ0v) is 27.8. The number of allylic oxidation sites excluding steroid dienone is 7. The Bertz CT molecular complexity index is 1160. The molecular formula is C37H57N5. The molecule has 2 saturated heterocycles. The van der Waals surface area contributed by atoms with Gasteiger partial charge >= 0.3 is 0 Å². The zero-order valence-electron chi connectivity index (χ0n) is 27.8. The largest absolute Gasteiger partial charge is 0.370 e. The maximum absolute atomic E-state index is 4.87. The molecule has 4 heterocycles. The molecule has 42 heavy (non-hydrogen) atoms. The molecule has 1 atom stereocenters. The molecule has 0 aromatic carbocycles. The van der Waals surface area contributed by atoms with Gasteiger partial charge in [-0.05, 0) is 114 Å². The molecule has 0 aromatic rings. The first-order valence-electron chi connectivity index (χ1n) is 16.3. The van der Waals surface area contributed by atoms with Crippen molar-refractivity contribution < 1.29 is 0 Å². The van der Waals surface area contributed by atoms with Gasteiger partial charge in [0.1, 0.15) is 5.84 Å². The number of hydrogen-bond donors (Lipinski definition) is 0. The van der Waals surface area contributed by atoms with Crippen LogP contribution in [0.15, 0.2) is 93.5 Å². The van der Waals surface area contributed by atoms with Crippen LogP contribution in [0.1, 0.15) is 86.5 Å². The first-order valence-corrected chi connectivity index (χ1v) is 16.3. The van der Waals surface area contributed by atoms with E-state index >= 15 is 0 Å². The third kappa shape index (κ3) is 9.55. The van der Waals surface area contributed by atoms with Crippen molar-refractivity contribution in [1.82, 2.24) is 14.7 Å². The van der Waals surface area contributed by atoms with Crippen LogP contribution in [0.25, 0.3) is 0 Å². The number of amidine groups is 1. The van der Waals surface area contributed by atoms with Crippen molar-refractivity contribution in [2.75, 3.05) is 39.8 Å². The number of rotatable bonds is 10. The fourth-order valence-electron chi connectivity index (χ4n) is 5.68. The Morgan fingerprint density at radius 2 is 1.79 bits per heavy atom. The molecule has 4 aliphatic rings. The minimum absolute atomic E-state index is 0.784. The Balaban J connectivity index is 0.000000416. The monoisotopic (exact) mass is 571 g/mol. The van der Waals surface area contributed by atoms with Gasteiger partial charge in [-0.3, -0.25) is 4.99 Å². The van der Waals surface area contributed by atoms with Crippen LogP contribution < -0.4 is 0 Å². The van der Waals surface area contributed by atoms with Crippen LogP contribution in [0, 0.1) is 11.8 Å². The number of hydrogen-bond acceptors (Lipinski definition) is 5. The number of nitrogens with zero attached hydrogens (tertiary/aromatic N) is 5. The Hall–Kier alpha value is -2.92. The summed E-state index contributed by atoms with van der Waals surface area (Å²) >= 11 is 0. The number of likely N-dealkylation sites (tertiary alicyclic amines) is 2. The van der Waals surface area contributed by atoms with Crippen molar-refractivity contribution in [3.63, 3.8) is 0 Å². The predicted molar refractivity (Wildman–Crippen MR) is 184 cm³/mol. The van der Waals surface area contributed by atoms with Crippen LogP contribution >= 0.6 is 0 Å². The van der Waals surface area contributed by atoms with E-state index in [1.54, 1.807) is 12.6 Å². The van der Waals surface area contributed by atoms with Gasteiger partial charge in [0.15, 0.2) is 0 Å². The molecule has 2 fully saturated rings. The van der Waals surface area contributed by atoms with E-state index in [0.29, 0.717) is 0 Å². The first-order chi connectivity index (χ1) is 20.2. The third-order valence-corrected chi connectivity index (χ3v) is 9.13. The van der Waals surface area contributed by atoms with E-state index in [9.17, 15) is 0 Å². The second-order valence-corrected chi connectivity index (χ2v) is 12.4. The summed E-state index contributed by atoms with van der Waals surface area (Å²) in [6, 6.07) is 0. The lowest BCUT2D eigenvalue weighted by atomic mass is 9.95. The Labute approximate surface area is 257 Å². The van der Waals surface area contributed by atoms with Crippen molar-refractivity contribution in [2.24, 2.45) is 21.8 Å². The Morgan fingerprint density at radius 3 is 2.38 bits per heavy atom. The van der Waals surface area contributed by atoms with E-state index in [0.717, 1.165) is 59.0 Å². The van der Waals surface area contributed by atoms with Crippen molar-refractivity contribution in [2.45, 2.75) is 86.5 Å². The van der Waals surface area contributed by atoms with Crippen LogP contribution in [0.3, 0.4) is 0 Å². The SMILES string of the molecule is C=C(C)/C(C)=C/C(=NC)C1=CC(=C)N2C=C(N3CCC(CN4CCCC4)CC3)C=CC2=N1.CCC/C=C(/C)C(C)CC. The van der Waals surface area contributed by atoms with E-state index in [2.05, 4.69) is 91.9 Å². The van der Waals surface area contributed by atoms with Crippen LogP contribution in [0.2, 0.25) is 0 Å². The highest BCUT2D eigenvalue weighted by atomic mass is 15.2. The smallest absolute Gasteiger partial charge is 0.137 e. The molecule has 0 aliphatic carbocycles. The predicted octanol–water partition coefficient (Wildman–Crippen LogP) is 8.69. The Kier molecular flexibility index (Phi) is 13.3. The molecular weight excluding hydrogens is 514 g/mol. The average Bonchev–Trinajstić information content (AvgIpc) is 3.51. The molecule has 0 saturated carbocycles. The molecule has 0 spiro atoms. The molecule has 0 N–H and O–H groups in total. The summed E-state index contributed by atoms with van der Waals surface area (Å²) in [5.74, 6) is 2.52. The number of aliphatic imine (C=N–C) groups is 2. The van der Waals surface area contributed by atoms with Gasteiger partial charge in [0.05, 0.1) is 17.1 Å². The standard InChI is InChI=1S/C27H37N5.C10H20/c1-20(2)21(3)16-25(28-5)26-17-22(4)32-19-24(8-9-27(32)29-26)31-14-10-23(11-15-31)18-30-12-6-7-13-30;1-5-7-8-10(4)9(3)6-2/h8-9,16-17,19,23H,1,4,6-7,10-15,18H2,2-3,5H3;8-9H,5-7H2,1-4H3/b21-16+,28-25?;10-8-. The lowest BCUT2D eigenvalue weighted by molar-refractivity contribution is 0.182. The van der Waals surface area contributed by atoms with Crippen LogP contribution in [-0.2, 0) is 0 Å². The number of unbranched alkanes of at least 4 members (excludes halogenated alkanes) is 1. The molecule has 1 unspecified atom stereocenters. The first kappa shape index (κ1) is 33.6. The molecule has 4 aliphatic heterocycles. The molecule has 0 amide bonds. The van der Waals surface area contributed by atoms with E-state index in [1.165, 1.54) is 70.3 Å². The van der Waals surface area contributed by atoms with Crippen molar-refractivity contribution in [3.05, 3.63) is 83.5 Å². The van der Waals surface area contributed by atoms with E-state index in [1.807, 2.05) is 19.1 Å². The number of fused-ring (bicyclic) bond motifs is 1. The maximum atomic E-state index is 4.87. The zero-order chi connectivity index (χ0) is 30.6.